The van der Waals surface area contributed by atoms with E-state index in [1.165, 1.54) is 0 Å². The van der Waals surface area contributed by atoms with Crippen LogP contribution >= 0.6 is 0 Å². The van der Waals surface area contributed by atoms with Crippen LogP contribution in [0.4, 0.5) is 5.69 Å². The zero-order valence-electron chi connectivity index (χ0n) is 11.7. The third kappa shape index (κ3) is 3.85. The van der Waals surface area contributed by atoms with Gasteiger partial charge in [-0.05, 0) is 18.1 Å². The molecule has 5 nitrogen and oxygen atoms in total. The molecule has 1 heterocycles. The van der Waals surface area contributed by atoms with E-state index in [9.17, 15) is 4.79 Å². The quantitative estimate of drug-likeness (QED) is 0.809. The predicted octanol–water partition coefficient (Wildman–Crippen LogP) is 1.93. The van der Waals surface area contributed by atoms with Crippen molar-refractivity contribution < 1.29 is 4.79 Å². The molecule has 0 bridgehead atoms. The monoisotopic (exact) mass is 272 g/mol. The molecule has 0 saturated heterocycles. The summed E-state index contributed by atoms with van der Waals surface area (Å²) in [5.74, 6) is -0.324. The summed E-state index contributed by atoms with van der Waals surface area (Å²) in [6.45, 7) is 3.73. The second-order valence-corrected chi connectivity index (χ2v) is 4.77. The van der Waals surface area contributed by atoms with Gasteiger partial charge in [-0.3, -0.25) is 9.48 Å². The molecule has 2 rings (SSSR count). The van der Waals surface area contributed by atoms with E-state index in [2.05, 4.69) is 17.3 Å². The molecule has 0 radical (unpaired) electrons. The molecule has 0 aliphatic carbocycles. The van der Waals surface area contributed by atoms with Gasteiger partial charge in [-0.1, -0.05) is 25.1 Å². The summed E-state index contributed by atoms with van der Waals surface area (Å²) in [5, 5.41) is 7.62. The number of nitrogens with two attached hydrogens (primary N) is 1. The van der Waals surface area contributed by atoms with Crippen molar-refractivity contribution in [3.05, 3.63) is 47.8 Å². The fraction of sp³-hybridized carbons (Fsp3) is 0.333. The molecule has 0 aliphatic rings. The van der Waals surface area contributed by atoms with Crippen LogP contribution in [0.2, 0.25) is 0 Å². The summed E-state index contributed by atoms with van der Waals surface area (Å²) < 4.78 is 1.94. The standard InChI is InChI=1S/C15H20N4O/c1-2-7-19-11-12(10-18-19)9-17-14-6-4-3-5-13(14)8-15(16)20/h3-6,10-11,17H,2,7-9H2,1H3,(H2,16,20). The van der Waals surface area contributed by atoms with Gasteiger partial charge in [0.05, 0.1) is 12.6 Å². The number of anilines is 1. The van der Waals surface area contributed by atoms with Crippen LogP contribution in [0.15, 0.2) is 36.7 Å². The molecule has 2 aromatic rings. The maximum atomic E-state index is 11.1. The van der Waals surface area contributed by atoms with E-state index in [-0.39, 0.29) is 12.3 Å². The number of aromatic nitrogens is 2. The third-order valence-corrected chi connectivity index (χ3v) is 3.00. The SMILES string of the molecule is CCCn1cc(CNc2ccccc2CC(N)=O)cn1. The van der Waals surface area contributed by atoms with E-state index in [4.69, 9.17) is 5.73 Å². The fourth-order valence-corrected chi connectivity index (χ4v) is 2.08. The summed E-state index contributed by atoms with van der Waals surface area (Å²) >= 11 is 0. The van der Waals surface area contributed by atoms with Crippen LogP contribution in [0.1, 0.15) is 24.5 Å². The van der Waals surface area contributed by atoms with Crippen molar-refractivity contribution in [3.63, 3.8) is 0 Å². The Morgan fingerprint density at radius 1 is 1.40 bits per heavy atom. The Bertz CT molecular complexity index is 577. The molecule has 3 N–H and O–H groups in total. The Labute approximate surface area is 118 Å². The number of aryl methyl sites for hydroxylation is 1. The minimum absolute atomic E-state index is 0.248. The highest BCUT2D eigenvalue weighted by atomic mass is 16.1. The molecule has 1 aromatic heterocycles. The van der Waals surface area contributed by atoms with E-state index in [0.717, 1.165) is 29.8 Å². The first kappa shape index (κ1) is 14.1. The van der Waals surface area contributed by atoms with Gasteiger partial charge in [0.25, 0.3) is 0 Å². The van der Waals surface area contributed by atoms with Crippen LogP contribution in [-0.4, -0.2) is 15.7 Å². The lowest BCUT2D eigenvalue weighted by Crippen LogP contribution is -2.15. The number of carbonyl (C=O) groups is 1. The van der Waals surface area contributed by atoms with E-state index < -0.39 is 0 Å². The van der Waals surface area contributed by atoms with Gasteiger partial charge in [-0.25, -0.2) is 0 Å². The smallest absolute Gasteiger partial charge is 0.221 e. The van der Waals surface area contributed by atoms with Crippen LogP contribution in [0.3, 0.4) is 0 Å². The zero-order chi connectivity index (χ0) is 14.4. The summed E-state index contributed by atoms with van der Waals surface area (Å²) in [5.41, 5.74) is 8.23. The molecule has 0 aliphatic heterocycles. The van der Waals surface area contributed by atoms with Crippen molar-refractivity contribution in [2.75, 3.05) is 5.32 Å². The second-order valence-electron chi connectivity index (χ2n) is 4.77. The maximum absolute atomic E-state index is 11.1. The summed E-state index contributed by atoms with van der Waals surface area (Å²) in [4.78, 5) is 11.1. The predicted molar refractivity (Wildman–Crippen MR) is 79.2 cm³/mol. The molecule has 1 amide bonds. The molecule has 0 atom stereocenters. The Morgan fingerprint density at radius 2 is 2.20 bits per heavy atom. The number of para-hydroxylation sites is 1. The van der Waals surface area contributed by atoms with E-state index >= 15 is 0 Å². The number of primary amides is 1. The Balaban J connectivity index is 2.00. The Hall–Kier alpha value is -2.30. The normalized spacial score (nSPS) is 10.4. The van der Waals surface area contributed by atoms with Crippen molar-refractivity contribution in [2.45, 2.75) is 32.9 Å². The lowest BCUT2D eigenvalue weighted by atomic mass is 10.1. The summed E-state index contributed by atoms with van der Waals surface area (Å²) in [7, 11) is 0. The Morgan fingerprint density at radius 3 is 2.95 bits per heavy atom. The Kier molecular flexibility index (Phi) is 4.76. The van der Waals surface area contributed by atoms with Crippen molar-refractivity contribution in [2.24, 2.45) is 5.73 Å². The van der Waals surface area contributed by atoms with Crippen molar-refractivity contribution in [3.8, 4) is 0 Å². The highest BCUT2D eigenvalue weighted by molar-refractivity contribution is 5.78. The summed E-state index contributed by atoms with van der Waals surface area (Å²) in [6, 6.07) is 7.71. The van der Waals surface area contributed by atoms with Gasteiger partial charge in [0, 0.05) is 30.5 Å². The van der Waals surface area contributed by atoms with Gasteiger partial charge in [-0.15, -0.1) is 0 Å². The highest BCUT2D eigenvalue weighted by Gasteiger charge is 2.05. The number of benzene rings is 1. The maximum Gasteiger partial charge on any atom is 0.221 e. The number of hydrogen-bond donors (Lipinski definition) is 2. The molecule has 0 unspecified atom stereocenters. The second kappa shape index (κ2) is 6.75. The van der Waals surface area contributed by atoms with Crippen LogP contribution in [0.5, 0.6) is 0 Å². The third-order valence-electron chi connectivity index (χ3n) is 3.00. The number of carbonyl (C=O) groups excluding carboxylic acids is 1. The van der Waals surface area contributed by atoms with Crippen LogP contribution in [0, 0.1) is 0 Å². The molecule has 5 heteroatoms. The largest absolute Gasteiger partial charge is 0.381 e. The van der Waals surface area contributed by atoms with Crippen LogP contribution in [0.25, 0.3) is 0 Å². The van der Waals surface area contributed by atoms with Crippen LogP contribution in [-0.2, 0) is 24.3 Å². The summed E-state index contributed by atoms with van der Waals surface area (Å²) in [6.07, 6.45) is 5.21. The van der Waals surface area contributed by atoms with Gasteiger partial charge in [0.15, 0.2) is 0 Å². The van der Waals surface area contributed by atoms with Crippen molar-refractivity contribution >= 4 is 11.6 Å². The average molecular weight is 272 g/mol. The lowest BCUT2D eigenvalue weighted by Gasteiger charge is -2.10. The molecule has 0 spiro atoms. The van der Waals surface area contributed by atoms with Gasteiger partial charge in [-0.2, -0.15) is 5.10 Å². The first-order valence-corrected chi connectivity index (χ1v) is 6.80. The molecular weight excluding hydrogens is 252 g/mol. The highest BCUT2D eigenvalue weighted by Crippen LogP contribution is 2.16. The number of amides is 1. The molecular formula is C15H20N4O. The minimum Gasteiger partial charge on any atom is -0.381 e. The van der Waals surface area contributed by atoms with Gasteiger partial charge < -0.3 is 11.1 Å². The van der Waals surface area contributed by atoms with E-state index in [0.29, 0.717) is 6.54 Å². The minimum atomic E-state index is -0.324. The lowest BCUT2D eigenvalue weighted by molar-refractivity contribution is -0.117. The molecule has 20 heavy (non-hydrogen) atoms. The average Bonchev–Trinajstić information content (AvgIpc) is 2.85. The first-order chi connectivity index (χ1) is 9.69. The fourth-order valence-electron chi connectivity index (χ4n) is 2.08. The van der Waals surface area contributed by atoms with Crippen LogP contribution < -0.4 is 11.1 Å². The number of rotatable bonds is 7. The van der Waals surface area contributed by atoms with Gasteiger partial charge >= 0.3 is 0 Å². The van der Waals surface area contributed by atoms with Gasteiger partial charge in [0.2, 0.25) is 5.91 Å². The van der Waals surface area contributed by atoms with Crippen molar-refractivity contribution in [1.82, 2.24) is 9.78 Å². The number of nitrogens with one attached hydrogen (secondary N) is 1. The topological polar surface area (TPSA) is 72.9 Å². The van der Waals surface area contributed by atoms with Crippen molar-refractivity contribution in [1.29, 1.82) is 0 Å². The number of hydrogen-bond acceptors (Lipinski definition) is 3. The van der Waals surface area contributed by atoms with E-state index in [1.54, 1.807) is 0 Å². The van der Waals surface area contributed by atoms with Gasteiger partial charge in [0.1, 0.15) is 0 Å². The zero-order valence-corrected chi connectivity index (χ0v) is 11.7. The number of nitrogens with zero attached hydrogens (tertiary/aromatic N) is 2. The molecule has 0 fully saturated rings. The first-order valence-electron chi connectivity index (χ1n) is 6.80. The molecule has 106 valence electrons. The molecule has 0 saturated carbocycles. The van der Waals surface area contributed by atoms with E-state index in [1.807, 2.05) is 41.3 Å². The molecule has 1 aromatic carbocycles.